The fraction of sp³-hybridized carbons (Fsp3) is 1.00. The molecule has 0 aromatic heterocycles. The van der Waals surface area contributed by atoms with E-state index < -0.39 is 0 Å². The number of hydrogen-bond acceptors (Lipinski definition) is 2. The van der Waals surface area contributed by atoms with Gasteiger partial charge >= 0.3 is 0 Å². The predicted molar refractivity (Wildman–Crippen MR) is 53.5 cm³/mol. The van der Waals surface area contributed by atoms with Gasteiger partial charge in [-0.3, -0.25) is 0 Å². The van der Waals surface area contributed by atoms with Crippen LogP contribution in [0.2, 0.25) is 0 Å². The van der Waals surface area contributed by atoms with Crippen LogP contribution in [0.25, 0.3) is 0 Å². The molecule has 0 atom stereocenters. The van der Waals surface area contributed by atoms with Crippen LogP contribution < -0.4 is 0 Å². The van der Waals surface area contributed by atoms with Crippen LogP contribution in [0.4, 0.5) is 0 Å². The van der Waals surface area contributed by atoms with Gasteiger partial charge in [-0.25, -0.2) is 0 Å². The summed E-state index contributed by atoms with van der Waals surface area (Å²) in [6.45, 7) is 12.2. The van der Waals surface area contributed by atoms with E-state index in [1.807, 2.05) is 0 Å². The molecule has 1 rings (SSSR count). The van der Waals surface area contributed by atoms with Gasteiger partial charge in [-0.05, 0) is 39.0 Å². The Morgan fingerprint density at radius 1 is 0.917 bits per heavy atom. The van der Waals surface area contributed by atoms with Crippen LogP contribution in [0.3, 0.4) is 0 Å². The fourth-order valence-electron chi connectivity index (χ4n) is 1.88. The Morgan fingerprint density at radius 3 is 2.25 bits per heavy atom. The average molecular weight is 170 g/mol. The zero-order chi connectivity index (χ0) is 8.81. The van der Waals surface area contributed by atoms with Crippen molar-refractivity contribution in [2.75, 3.05) is 39.3 Å². The van der Waals surface area contributed by atoms with Crippen LogP contribution in [0.15, 0.2) is 0 Å². The van der Waals surface area contributed by atoms with Crippen molar-refractivity contribution in [1.29, 1.82) is 0 Å². The Bertz CT molecular complexity index is 114. The van der Waals surface area contributed by atoms with Gasteiger partial charge in [0.15, 0.2) is 0 Å². The second-order valence-corrected chi connectivity index (χ2v) is 3.63. The van der Waals surface area contributed by atoms with Gasteiger partial charge < -0.3 is 9.80 Å². The molecule has 0 saturated carbocycles. The maximum atomic E-state index is 2.59. The third kappa shape index (κ3) is 3.11. The van der Waals surface area contributed by atoms with E-state index >= 15 is 0 Å². The molecule has 0 unspecified atom stereocenters. The lowest BCUT2D eigenvalue weighted by atomic mass is 10.3. The zero-order valence-corrected chi connectivity index (χ0v) is 8.55. The number of rotatable bonds is 3. The maximum absolute atomic E-state index is 2.59. The minimum atomic E-state index is 1.22. The molecular weight excluding hydrogens is 148 g/mol. The monoisotopic (exact) mass is 170 g/mol. The molecule has 0 radical (unpaired) electrons. The summed E-state index contributed by atoms with van der Waals surface area (Å²) in [5, 5.41) is 0. The Kier molecular flexibility index (Phi) is 4.62. The van der Waals surface area contributed by atoms with Gasteiger partial charge in [0.1, 0.15) is 0 Å². The fourth-order valence-corrected chi connectivity index (χ4v) is 1.88. The lowest BCUT2D eigenvalue weighted by Crippen LogP contribution is -2.31. The van der Waals surface area contributed by atoms with Gasteiger partial charge in [-0.1, -0.05) is 13.8 Å². The Hall–Kier alpha value is -0.0800. The highest BCUT2D eigenvalue weighted by Crippen LogP contribution is 2.02. The standard InChI is InChI=1S/C10H22N2/c1-3-6-12-8-5-7-11(4-2)9-10-12/h3-10H2,1-2H3. The van der Waals surface area contributed by atoms with E-state index in [2.05, 4.69) is 23.6 Å². The van der Waals surface area contributed by atoms with Crippen LogP contribution in [-0.4, -0.2) is 49.1 Å². The van der Waals surface area contributed by atoms with Gasteiger partial charge in [0.2, 0.25) is 0 Å². The molecule has 2 heteroatoms. The van der Waals surface area contributed by atoms with E-state index in [-0.39, 0.29) is 0 Å². The first-order valence-electron chi connectivity index (χ1n) is 5.31. The van der Waals surface area contributed by atoms with Crippen LogP contribution >= 0.6 is 0 Å². The highest BCUT2D eigenvalue weighted by Gasteiger charge is 2.11. The van der Waals surface area contributed by atoms with Gasteiger partial charge in [0, 0.05) is 13.1 Å². The summed E-state index contributed by atoms with van der Waals surface area (Å²) in [5.41, 5.74) is 0. The van der Waals surface area contributed by atoms with E-state index in [0.717, 1.165) is 0 Å². The van der Waals surface area contributed by atoms with Crippen LogP contribution in [0.1, 0.15) is 26.7 Å². The van der Waals surface area contributed by atoms with E-state index in [1.54, 1.807) is 0 Å². The molecular formula is C10H22N2. The van der Waals surface area contributed by atoms with Crippen molar-refractivity contribution >= 4 is 0 Å². The molecule has 0 spiro atoms. The molecule has 0 N–H and O–H groups in total. The van der Waals surface area contributed by atoms with Crippen molar-refractivity contribution in [1.82, 2.24) is 9.80 Å². The molecule has 1 saturated heterocycles. The largest absolute Gasteiger partial charge is 0.302 e. The number of likely N-dealkylation sites (N-methyl/N-ethyl adjacent to an activating group) is 1. The van der Waals surface area contributed by atoms with Gasteiger partial charge in [-0.15, -0.1) is 0 Å². The molecule has 0 bridgehead atoms. The molecule has 12 heavy (non-hydrogen) atoms. The Morgan fingerprint density at radius 2 is 1.58 bits per heavy atom. The second kappa shape index (κ2) is 5.55. The molecule has 2 nitrogen and oxygen atoms in total. The van der Waals surface area contributed by atoms with Gasteiger partial charge in [0.25, 0.3) is 0 Å². The molecule has 0 aromatic rings. The maximum Gasteiger partial charge on any atom is 0.0109 e. The highest BCUT2D eigenvalue weighted by molar-refractivity contribution is 4.67. The molecule has 0 amide bonds. The van der Waals surface area contributed by atoms with Crippen molar-refractivity contribution in [2.45, 2.75) is 26.7 Å². The molecule has 72 valence electrons. The van der Waals surface area contributed by atoms with E-state index in [1.165, 1.54) is 52.1 Å². The lowest BCUT2D eigenvalue weighted by Gasteiger charge is -2.19. The third-order valence-electron chi connectivity index (χ3n) is 2.67. The second-order valence-electron chi connectivity index (χ2n) is 3.63. The number of nitrogens with zero attached hydrogens (tertiary/aromatic N) is 2. The molecule has 1 fully saturated rings. The minimum absolute atomic E-state index is 1.22. The van der Waals surface area contributed by atoms with Crippen molar-refractivity contribution in [2.24, 2.45) is 0 Å². The molecule has 1 aliphatic heterocycles. The summed E-state index contributed by atoms with van der Waals surface area (Å²) in [6.07, 6.45) is 2.65. The van der Waals surface area contributed by atoms with E-state index in [4.69, 9.17) is 0 Å². The minimum Gasteiger partial charge on any atom is -0.302 e. The quantitative estimate of drug-likeness (QED) is 0.632. The molecule has 1 aliphatic rings. The molecule has 0 aromatic carbocycles. The first-order chi connectivity index (χ1) is 5.86. The van der Waals surface area contributed by atoms with Crippen LogP contribution in [0.5, 0.6) is 0 Å². The first kappa shape index (κ1) is 10.0. The summed E-state index contributed by atoms with van der Waals surface area (Å²) >= 11 is 0. The normalized spacial score (nSPS) is 22.5. The van der Waals surface area contributed by atoms with E-state index in [9.17, 15) is 0 Å². The summed E-state index contributed by atoms with van der Waals surface area (Å²) in [6, 6.07) is 0. The average Bonchev–Trinajstić information content (AvgIpc) is 2.31. The first-order valence-corrected chi connectivity index (χ1v) is 5.31. The summed E-state index contributed by atoms with van der Waals surface area (Å²) < 4.78 is 0. The van der Waals surface area contributed by atoms with Crippen LogP contribution in [0, 0.1) is 0 Å². The smallest absolute Gasteiger partial charge is 0.0109 e. The van der Waals surface area contributed by atoms with Gasteiger partial charge in [0.05, 0.1) is 0 Å². The highest BCUT2D eigenvalue weighted by atomic mass is 15.2. The summed E-state index contributed by atoms with van der Waals surface area (Å²) in [7, 11) is 0. The van der Waals surface area contributed by atoms with Gasteiger partial charge in [-0.2, -0.15) is 0 Å². The van der Waals surface area contributed by atoms with Crippen LogP contribution in [-0.2, 0) is 0 Å². The summed E-state index contributed by atoms with van der Waals surface area (Å²) in [4.78, 5) is 5.14. The van der Waals surface area contributed by atoms with Crippen molar-refractivity contribution in [3.05, 3.63) is 0 Å². The van der Waals surface area contributed by atoms with Crippen molar-refractivity contribution < 1.29 is 0 Å². The molecule has 1 heterocycles. The zero-order valence-electron chi connectivity index (χ0n) is 8.55. The third-order valence-corrected chi connectivity index (χ3v) is 2.67. The SMILES string of the molecule is CCCN1CCCN(CC)CC1. The van der Waals surface area contributed by atoms with Crippen molar-refractivity contribution in [3.63, 3.8) is 0 Å². The topological polar surface area (TPSA) is 6.48 Å². The molecule has 0 aliphatic carbocycles. The summed E-state index contributed by atoms with van der Waals surface area (Å²) in [5.74, 6) is 0. The lowest BCUT2D eigenvalue weighted by molar-refractivity contribution is 0.263. The van der Waals surface area contributed by atoms with E-state index in [0.29, 0.717) is 0 Å². The number of hydrogen-bond donors (Lipinski definition) is 0. The predicted octanol–water partition coefficient (Wildman–Crippen LogP) is 1.42. The Balaban J connectivity index is 2.24. The Labute approximate surface area is 76.5 Å². The van der Waals surface area contributed by atoms with Crippen molar-refractivity contribution in [3.8, 4) is 0 Å².